The molecular weight excluding hydrogens is 306 g/mol. The third-order valence-electron chi connectivity index (χ3n) is 3.78. The van der Waals surface area contributed by atoms with E-state index in [0.717, 1.165) is 39.8 Å². The molecule has 4 rings (SSSR count). The summed E-state index contributed by atoms with van der Waals surface area (Å²) in [4.78, 5) is 8.89. The molecule has 3 heterocycles. The Bertz CT molecular complexity index is 842. The van der Waals surface area contributed by atoms with Crippen molar-refractivity contribution in [3.8, 4) is 27.6 Å². The van der Waals surface area contributed by atoms with E-state index < -0.39 is 0 Å². The van der Waals surface area contributed by atoms with Gasteiger partial charge in [0, 0.05) is 28.9 Å². The molecule has 1 aliphatic heterocycles. The van der Waals surface area contributed by atoms with Crippen LogP contribution in [-0.4, -0.2) is 22.1 Å². The molecule has 1 aromatic carbocycles. The third-order valence-corrected chi connectivity index (χ3v) is 4.67. The van der Waals surface area contributed by atoms with Crippen LogP contribution in [0.2, 0.25) is 0 Å². The molecule has 0 atom stereocenters. The molecule has 2 aromatic heterocycles. The molecule has 1 aliphatic rings. The van der Waals surface area contributed by atoms with E-state index in [1.54, 1.807) is 17.5 Å². The third kappa shape index (κ3) is 2.80. The number of aromatic nitrogens is 2. The Hall–Kier alpha value is -2.40. The van der Waals surface area contributed by atoms with Crippen LogP contribution in [0.3, 0.4) is 0 Å². The molecule has 0 unspecified atom stereocenters. The summed E-state index contributed by atoms with van der Waals surface area (Å²) in [5.74, 6) is 0.897. The topological polar surface area (TPSA) is 47.0 Å². The predicted molar refractivity (Wildman–Crippen MR) is 94.0 cm³/mol. The number of nitrogens with one attached hydrogen (secondary N) is 1. The first-order valence-electron chi connectivity index (χ1n) is 7.54. The molecule has 0 radical (unpaired) electrons. The first kappa shape index (κ1) is 14.2. The average molecular weight is 323 g/mol. The van der Waals surface area contributed by atoms with Crippen molar-refractivity contribution in [2.75, 3.05) is 11.9 Å². The number of benzene rings is 1. The molecule has 0 fully saturated rings. The number of ether oxygens (including phenoxy) is 1. The lowest BCUT2D eigenvalue weighted by Crippen LogP contribution is -2.39. The molecule has 0 amide bonds. The molecule has 0 spiro atoms. The van der Waals surface area contributed by atoms with Crippen molar-refractivity contribution in [3.63, 3.8) is 0 Å². The maximum absolute atomic E-state index is 6.00. The number of hydrogen-bond donors (Lipinski definition) is 1. The van der Waals surface area contributed by atoms with Gasteiger partial charge in [-0.25, -0.2) is 4.98 Å². The van der Waals surface area contributed by atoms with Crippen LogP contribution >= 0.6 is 11.3 Å². The van der Waals surface area contributed by atoms with Crippen LogP contribution in [0.25, 0.3) is 21.8 Å². The number of pyridine rings is 1. The zero-order valence-corrected chi connectivity index (χ0v) is 13.9. The van der Waals surface area contributed by atoms with Crippen molar-refractivity contribution in [2.45, 2.75) is 19.4 Å². The number of nitrogens with zero attached hydrogens (tertiary/aromatic N) is 2. The highest BCUT2D eigenvalue weighted by molar-refractivity contribution is 7.13. The fraction of sp³-hybridized carbons (Fsp3) is 0.222. The van der Waals surface area contributed by atoms with Gasteiger partial charge < -0.3 is 10.1 Å². The highest BCUT2D eigenvalue weighted by atomic mass is 32.1. The first-order valence-corrected chi connectivity index (χ1v) is 8.42. The Labute approximate surface area is 139 Å². The lowest BCUT2D eigenvalue weighted by Gasteiger charge is -2.33. The van der Waals surface area contributed by atoms with E-state index in [4.69, 9.17) is 9.72 Å². The van der Waals surface area contributed by atoms with Crippen LogP contribution in [0.15, 0.2) is 48.1 Å². The molecule has 0 saturated heterocycles. The second kappa shape index (κ2) is 5.35. The van der Waals surface area contributed by atoms with Crippen molar-refractivity contribution in [2.24, 2.45) is 0 Å². The van der Waals surface area contributed by atoms with Crippen molar-refractivity contribution in [3.05, 3.63) is 48.1 Å². The number of rotatable bonds is 2. The number of anilines is 1. The lowest BCUT2D eigenvalue weighted by molar-refractivity contribution is 0.116. The largest absolute Gasteiger partial charge is 0.484 e. The summed E-state index contributed by atoms with van der Waals surface area (Å²) in [7, 11) is 0. The van der Waals surface area contributed by atoms with E-state index in [1.165, 1.54) is 0 Å². The van der Waals surface area contributed by atoms with Crippen LogP contribution < -0.4 is 10.1 Å². The average Bonchev–Trinajstić information content (AvgIpc) is 3.04. The monoisotopic (exact) mass is 323 g/mol. The molecule has 116 valence electrons. The summed E-state index contributed by atoms with van der Waals surface area (Å²) >= 11 is 1.64. The Morgan fingerprint density at radius 2 is 2.13 bits per heavy atom. The summed E-state index contributed by atoms with van der Waals surface area (Å²) < 4.78 is 6.00. The standard InChI is InChI=1S/C18H17N3OS/c1-18(2)11-20-14-8-12(5-6-16(14)22-18)17-21-15(10-23-17)13-4-3-7-19-9-13/h3-10,20H,11H2,1-2H3. The lowest BCUT2D eigenvalue weighted by atomic mass is 10.1. The highest BCUT2D eigenvalue weighted by Crippen LogP contribution is 2.37. The predicted octanol–water partition coefficient (Wildman–Crippen LogP) is 4.46. The number of fused-ring (bicyclic) bond motifs is 1. The van der Waals surface area contributed by atoms with Gasteiger partial charge in [0.25, 0.3) is 0 Å². The summed E-state index contributed by atoms with van der Waals surface area (Å²) in [5.41, 5.74) is 3.94. The Balaban J connectivity index is 1.66. The maximum atomic E-state index is 6.00. The second-order valence-electron chi connectivity index (χ2n) is 6.21. The van der Waals surface area contributed by atoms with Crippen LogP contribution in [0.4, 0.5) is 5.69 Å². The minimum absolute atomic E-state index is 0.177. The maximum Gasteiger partial charge on any atom is 0.143 e. The minimum atomic E-state index is -0.177. The fourth-order valence-corrected chi connectivity index (χ4v) is 3.41. The quantitative estimate of drug-likeness (QED) is 0.756. The molecule has 1 N–H and O–H groups in total. The van der Waals surface area contributed by atoms with Gasteiger partial charge in [-0.05, 0) is 44.2 Å². The van der Waals surface area contributed by atoms with Gasteiger partial charge in [0.05, 0.1) is 17.9 Å². The van der Waals surface area contributed by atoms with Gasteiger partial charge in [-0.2, -0.15) is 0 Å². The van der Waals surface area contributed by atoms with Gasteiger partial charge in [-0.1, -0.05) is 0 Å². The molecule has 0 saturated carbocycles. The minimum Gasteiger partial charge on any atom is -0.484 e. The normalized spacial score (nSPS) is 15.4. The Morgan fingerprint density at radius 1 is 1.22 bits per heavy atom. The summed E-state index contributed by atoms with van der Waals surface area (Å²) in [6.07, 6.45) is 3.61. The molecule has 23 heavy (non-hydrogen) atoms. The van der Waals surface area contributed by atoms with E-state index in [-0.39, 0.29) is 5.60 Å². The molecule has 0 aliphatic carbocycles. The summed E-state index contributed by atoms with van der Waals surface area (Å²) in [6, 6.07) is 10.1. The highest BCUT2D eigenvalue weighted by Gasteiger charge is 2.26. The van der Waals surface area contributed by atoms with Gasteiger partial charge in [0.2, 0.25) is 0 Å². The van der Waals surface area contributed by atoms with Crippen LogP contribution in [0, 0.1) is 0 Å². The van der Waals surface area contributed by atoms with Crippen LogP contribution in [0.1, 0.15) is 13.8 Å². The van der Waals surface area contributed by atoms with Crippen LogP contribution in [0.5, 0.6) is 5.75 Å². The van der Waals surface area contributed by atoms with E-state index >= 15 is 0 Å². The van der Waals surface area contributed by atoms with Crippen molar-refractivity contribution < 1.29 is 4.74 Å². The van der Waals surface area contributed by atoms with E-state index in [1.807, 2.05) is 24.4 Å². The zero-order chi connectivity index (χ0) is 15.9. The summed E-state index contributed by atoms with van der Waals surface area (Å²) in [5, 5.41) is 6.51. The smallest absolute Gasteiger partial charge is 0.143 e. The van der Waals surface area contributed by atoms with Gasteiger partial charge in [-0.15, -0.1) is 11.3 Å². The zero-order valence-electron chi connectivity index (χ0n) is 13.0. The van der Waals surface area contributed by atoms with E-state index in [9.17, 15) is 0 Å². The van der Waals surface area contributed by atoms with Crippen molar-refractivity contribution >= 4 is 17.0 Å². The number of hydrogen-bond acceptors (Lipinski definition) is 5. The van der Waals surface area contributed by atoms with E-state index in [2.05, 4.69) is 41.7 Å². The fourth-order valence-electron chi connectivity index (χ4n) is 2.59. The molecular formula is C18H17N3OS. The summed E-state index contributed by atoms with van der Waals surface area (Å²) in [6.45, 7) is 4.96. The second-order valence-corrected chi connectivity index (χ2v) is 7.06. The molecule has 3 aromatic rings. The molecule has 0 bridgehead atoms. The van der Waals surface area contributed by atoms with Gasteiger partial charge in [0.15, 0.2) is 0 Å². The molecule has 5 heteroatoms. The van der Waals surface area contributed by atoms with Gasteiger partial charge in [0.1, 0.15) is 16.4 Å². The Morgan fingerprint density at radius 3 is 2.96 bits per heavy atom. The Kier molecular flexibility index (Phi) is 3.31. The van der Waals surface area contributed by atoms with Crippen molar-refractivity contribution in [1.82, 2.24) is 9.97 Å². The van der Waals surface area contributed by atoms with Gasteiger partial charge in [-0.3, -0.25) is 4.98 Å². The SMILES string of the molecule is CC1(C)CNc2cc(-c3nc(-c4cccnc4)cs3)ccc2O1. The van der Waals surface area contributed by atoms with Gasteiger partial charge >= 0.3 is 0 Å². The van der Waals surface area contributed by atoms with E-state index in [0.29, 0.717) is 0 Å². The van der Waals surface area contributed by atoms with Crippen molar-refractivity contribution in [1.29, 1.82) is 0 Å². The molecule has 4 nitrogen and oxygen atoms in total. The first-order chi connectivity index (χ1) is 11.1. The van der Waals surface area contributed by atoms with Crippen LogP contribution in [-0.2, 0) is 0 Å². The number of thiazole rings is 1.